The molecule has 0 saturated carbocycles. The molecule has 58 heteroatoms. The van der Waals surface area contributed by atoms with Gasteiger partial charge in [-0.3, -0.25) is 9.59 Å². The summed E-state index contributed by atoms with van der Waals surface area (Å²) in [6.07, 6.45) is -111. The van der Waals surface area contributed by atoms with Gasteiger partial charge < -0.3 is 279 Å². The van der Waals surface area contributed by atoms with E-state index in [1.807, 2.05) is 0 Å². The largest absolute Gasteiger partial charge is 0.394 e. The predicted molar refractivity (Wildman–Crippen MR) is 401 cm³/mol. The van der Waals surface area contributed by atoms with Crippen LogP contribution in [0, 0.1) is 5.92 Å². The first-order valence-corrected chi connectivity index (χ1v) is 42.2. The van der Waals surface area contributed by atoms with Crippen LogP contribution in [0.25, 0.3) is 0 Å². The number of aliphatic hydroxyl groups is 31. The first-order valence-electron chi connectivity index (χ1n) is 42.2. The number of hydrogen-bond acceptors (Lipinski definition) is 56. The minimum absolute atomic E-state index is 0.0996. The van der Waals surface area contributed by atoms with Gasteiger partial charge >= 0.3 is 0 Å². The van der Waals surface area contributed by atoms with E-state index in [4.69, 9.17) is 110 Å². The van der Waals surface area contributed by atoms with Gasteiger partial charge in [-0.1, -0.05) is 6.92 Å². The molecule has 2 amide bonds. The molecular formula is C73H125N3O55. The molecule has 131 heavy (non-hydrogen) atoms. The second-order valence-corrected chi connectivity index (χ2v) is 33.4. The average Bonchev–Trinajstić information content (AvgIpc) is 0.760. The van der Waals surface area contributed by atoms with Crippen molar-refractivity contribution in [3.63, 3.8) is 0 Å². The molecule has 55 atom stereocenters. The molecule has 0 bridgehead atoms. The smallest absolute Gasteiger partial charge is 0.217 e. The van der Waals surface area contributed by atoms with Crippen molar-refractivity contribution < 1.29 is 272 Å². The molecule has 0 aromatic rings. The Hall–Kier alpha value is -3.22. The van der Waals surface area contributed by atoms with Crippen LogP contribution in [0.4, 0.5) is 0 Å². The van der Waals surface area contributed by atoms with Crippen LogP contribution in [0.3, 0.4) is 0 Å². The number of amides is 2. The standard InChI is InChI=1S/C73H125N3O55/c1-17-33(88)20(6-77)116-70(55(17)124-66-50(105)44(99)34(89)21(7-78)113-66)112-16-29-40(95)58(127-71-60(47(102)37(92)24(10-81)117-71)129-67-51(106)45(100)35(90)22(8-79)114-67)53(108)65(122-29)111-15-30-41(96)59(128-72-62(49(104)39(94)25(11-82)118-72)131-73-61(48(103)38(93)26(12-83)119-73)130-68-52(107)46(101)36(91)23(9-80)115-68)54(109)69(123-30)126-57-28(14-85)121-64(32(43(57)98)76-19(3)87)125-56-27(13-84)120-63(110-5-4-74)31(42(56)97)75-18(2)86/h17,20-73,77-85,88-109H,4-16,74H2,1-3H3,(H,75,86)(H,76,87)/t17-,20?,21?,22-,23-,24-,25-,26-,27?,28?,29?,30?,31?,32?,33-,34+,35+,36+,37+,38+,39+,40+,41+,42+,43+,44-,45?,46?,47?,48?,49?,50?,51?,52?,53?,54?,55?,56+,57+,58-,59-,60?,61?,62?,63+,64-,65-,66+,67+,68+,69-,70-,71+,72+,73+/m0/s1. The lowest BCUT2D eigenvalue weighted by Gasteiger charge is -2.51. The molecule has 0 aromatic carbocycles. The zero-order chi connectivity index (χ0) is 96.1. The third kappa shape index (κ3) is 23.7. The van der Waals surface area contributed by atoms with Gasteiger partial charge in [-0.2, -0.15) is 0 Å². The number of carbonyl (C=O) groups is 2. The minimum atomic E-state index is -2.67. The van der Waals surface area contributed by atoms with E-state index < -0.39 is 422 Å². The quantitative estimate of drug-likeness (QED) is 0.0277. The maximum absolute atomic E-state index is 13.2. The number of nitrogens with two attached hydrogens (primary N) is 1. The van der Waals surface area contributed by atoms with Crippen LogP contribution < -0.4 is 16.4 Å². The summed E-state index contributed by atoms with van der Waals surface area (Å²) in [5, 5.41) is 353. The summed E-state index contributed by atoms with van der Waals surface area (Å²) in [5.74, 6) is -2.99. The van der Waals surface area contributed by atoms with Gasteiger partial charge in [0, 0.05) is 26.3 Å². The monoisotopic (exact) mass is 1920 g/mol. The zero-order valence-electron chi connectivity index (χ0n) is 70.2. The molecule has 11 rings (SSSR count). The zero-order valence-corrected chi connectivity index (χ0v) is 70.2. The highest BCUT2D eigenvalue weighted by atomic mass is 16.8. The first kappa shape index (κ1) is 108. The van der Waals surface area contributed by atoms with E-state index in [2.05, 4.69) is 10.6 Å². The van der Waals surface area contributed by atoms with Gasteiger partial charge in [0.15, 0.2) is 69.2 Å². The Morgan fingerprint density at radius 1 is 0.237 bits per heavy atom. The number of rotatable bonds is 36. The van der Waals surface area contributed by atoms with Crippen LogP contribution in [0.2, 0.25) is 0 Å². The Balaban J connectivity index is 0.963. The van der Waals surface area contributed by atoms with Crippen molar-refractivity contribution in [3.8, 4) is 0 Å². The molecule has 0 radical (unpaired) electrons. The fourth-order valence-electron chi connectivity index (χ4n) is 17.0. The van der Waals surface area contributed by atoms with Crippen molar-refractivity contribution in [1.29, 1.82) is 0 Å². The maximum Gasteiger partial charge on any atom is 0.217 e. The first-order chi connectivity index (χ1) is 62.2. The molecule has 58 nitrogen and oxygen atoms in total. The molecule has 11 aliphatic heterocycles. The molecule has 11 fully saturated rings. The van der Waals surface area contributed by atoms with Crippen LogP contribution in [0.1, 0.15) is 20.8 Å². The highest BCUT2D eigenvalue weighted by Crippen LogP contribution is 2.42. The van der Waals surface area contributed by atoms with Crippen molar-refractivity contribution in [1.82, 2.24) is 10.6 Å². The molecule has 22 unspecified atom stereocenters. The molecule has 0 aromatic heterocycles. The molecule has 0 aliphatic carbocycles. The molecule has 35 N–H and O–H groups in total. The van der Waals surface area contributed by atoms with E-state index in [9.17, 15) is 168 Å². The minimum Gasteiger partial charge on any atom is -0.394 e. The second-order valence-electron chi connectivity index (χ2n) is 33.4. The van der Waals surface area contributed by atoms with Gasteiger partial charge in [-0.25, -0.2) is 0 Å². The number of hydrogen-bond donors (Lipinski definition) is 34. The summed E-state index contributed by atoms with van der Waals surface area (Å²) in [6.45, 7) is -9.28. The van der Waals surface area contributed by atoms with E-state index in [0.29, 0.717) is 0 Å². The lowest BCUT2D eigenvalue weighted by Crippen LogP contribution is -2.70. The van der Waals surface area contributed by atoms with Gasteiger partial charge in [-0.05, 0) is 0 Å². The molecule has 11 saturated heterocycles. The van der Waals surface area contributed by atoms with Crippen molar-refractivity contribution in [2.75, 3.05) is 85.8 Å². The SMILES string of the molecule is CC(=O)NC1[C@H](OCCN)OC(CO)[C@@H](O[C@@H]2OC(CO)[C@@H](O[C@@H]3OC(CO[C@H]4OC(CO[C@H]5OC(CO)[C@@H](O)[C@H](C)C5O[C@H]5OC(CO)[C@@H](O)[C@H](O)C5O)[C@@H](O)[C@H](O[C@H]5O[C@@H](CO)[C@@H](O)C(O)C5O[C@H]5O[C@@H](CO)[C@@H](O)C(O)C5O)C4O)[C@@H](O)[C@H](O[C@H]4O[C@@H](CO)[C@@H](O)C(O)C4O[C@H]4O[C@@H](CO)[C@@H](O)C(O)C4O[C@H]4O[C@@H](CO)[C@@H](O)C(O)C4O)C3O)[C@H](O)C2NC(C)=O)[C@@H]1O. The van der Waals surface area contributed by atoms with Crippen molar-refractivity contribution in [3.05, 3.63) is 0 Å². The fourth-order valence-corrected chi connectivity index (χ4v) is 17.0. The van der Waals surface area contributed by atoms with Crippen LogP contribution in [0.5, 0.6) is 0 Å². The van der Waals surface area contributed by atoms with Crippen molar-refractivity contribution >= 4 is 11.8 Å². The summed E-state index contributed by atoms with van der Waals surface area (Å²) < 4.78 is 131. The van der Waals surface area contributed by atoms with Gasteiger partial charge in [0.1, 0.15) is 256 Å². The number of aliphatic hydroxyl groups excluding tert-OH is 31. The maximum atomic E-state index is 13.2. The fraction of sp³-hybridized carbons (Fsp3) is 0.973. The van der Waals surface area contributed by atoms with E-state index in [0.717, 1.165) is 13.8 Å². The predicted octanol–water partition coefficient (Wildman–Crippen LogP) is -23.4. The lowest BCUT2D eigenvalue weighted by atomic mass is 9.90. The average molecular weight is 1920 g/mol. The van der Waals surface area contributed by atoms with E-state index in [1.54, 1.807) is 0 Å². The highest BCUT2D eigenvalue weighted by molar-refractivity contribution is 5.73. The Labute approximate surface area is 742 Å². The van der Waals surface area contributed by atoms with Crippen LogP contribution in [0.15, 0.2) is 0 Å². The summed E-state index contributed by atoms with van der Waals surface area (Å²) in [5.41, 5.74) is 5.64. The van der Waals surface area contributed by atoms with Crippen LogP contribution >= 0.6 is 0 Å². The Kier molecular flexibility index (Phi) is 39.5. The molecule has 11 heterocycles. The lowest BCUT2D eigenvalue weighted by molar-refractivity contribution is -0.408. The Morgan fingerprint density at radius 3 is 0.847 bits per heavy atom. The van der Waals surface area contributed by atoms with Crippen molar-refractivity contribution in [2.45, 2.75) is 352 Å². The van der Waals surface area contributed by atoms with Gasteiger partial charge in [0.2, 0.25) is 11.8 Å². The number of ether oxygens (including phenoxy) is 22. The second kappa shape index (κ2) is 47.8. The number of nitrogens with one attached hydrogen (secondary N) is 2. The summed E-state index contributed by atoms with van der Waals surface area (Å²) in [7, 11) is 0. The Bertz CT molecular complexity index is 3450. The summed E-state index contributed by atoms with van der Waals surface area (Å²) >= 11 is 0. The topological polar surface area (TPSA) is 914 Å². The van der Waals surface area contributed by atoms with Gasteiger partial charge in [0.25, 0.3) is 0 Å². The van der Waals surface area contributed by atoms with Gasteiger partial charge in [0.05, 0.1) is 85.4 Å². The number of carbonyl (C=O) groups excluding carboxylic acids is 2. The van der Waals surface area contributed by atoms with Crippen LogP contribution in [-0.2, 0) is 114 Å². The molecule has 0 spiro atoms. The summed E-state index contributed by atoms with van der Waals surface area (Å²) in [6, 6.07) is -3.49. The Morgan fingerprint density at radius 2 is 0.489 bits per heavy atom. The van der Waals surface area contributed by atoms with E-state index in [-0.39, 0.29) is 13.2 Å². The van der Waals surface area contributed by atoms with Gasteiger partial charge in [-0.15, -0.1) is 0 Å². The molecule has 11 aliphatic rings. The third-order valence-corrected chi connectivity index (χ3v) is 24.5. The molecular weight excluding hydrogens is 1800 g/mol. The third-order valence-electron chi connectivity index (χ3n) is 24.5. The van der Waals surface area contributed by atoms with Crippen LogP contribution in [-0.4, -0.2) is 587 Å². The van der Waals surface area contributed by atoms with Crippen molar-refractivity contribution in [2.24, 2.45) is 11.7 Å². The summed E-state index contributed by atoms with van der Waals surface area (Å²) in [4.78, 5) is 25.8. The molecule has 762 valence electrons. The highest BCUT2D eigenvalue weighted by Gasteiger charge is 2.63. The van der Waals surface area contributed by atoms with E-state index in [1.165, 1.54) is 6.92 Å². The van der Waals surface area contributed by atoms with E-state index >= 15 is 0 Å². The normalized spacial score (nSPS) is 50.8.